The fourth-order valence-corrected chi connectivity index (χ4v) is 9.20. The average Bonchev–Trinajstić information content (AvgIpc) is 1.89. The van der Waals surface area contributed by atoms with Crippen molar-refractivity contribution in [2.45, 2.75) is 53.0 Å². The van der Waals surface area contributed by atoms with Crippen molar-refractivity contribution >= 4 is 56.6 Å². The Kier molecular flexibility index (Phi) is 22.6. The van der Waals surface area contributed by atoms with E-state index < -0.39 is 46.8 Å². The van der Waals surface area contributed by atoms with Gasteiger partial charge in [-0.25, -0.2) is 55.9 Å². The Hall–Kier alpha value is -9.69. The highest BCUT2D eigenvalue weighted by molar-refractivity contribution is 14.1. The van der Waals surface area contributed by atoms with Crippen molar-refractivity contribution in [1.29, 1.82) is 10.5 Å². The summed E-state index contributed by atoms with van der Waals surface area (Å²) in [5, 5.41) is 27.2. The number of rotatable bonds is 21. The van der Waals surface area contributed by atoms with Gasteiger partial charge in [0.05, 0.1) is 87.7 Å². The number of esters is 1. The number of ether oxygens (including phenoxy) is 5. The molecule has 10 aromatic rings. The first-order valence-electron chi connectivity index (χ1n) is 27.5. The molecule has 0 saturated carbocycles. The van der Waals surface area contributed by atoms with E-state index in [9.17, 15) is 23.5 Å². The molecule has 23 heteroatoms. The summed E-state index contributed by atoms with van der Waals surface area (Å²) < 4.78 is 121. The van der Waals surface area contributed by atoms with E-state index in [1.54, 1.807) is 55.0 Å². The van der Waals surface area contributed by atoms with Crippen LogP contribution in [0.1, 0.15) is 79.6 Å². The molecule has 0 bridgehead atoms. The van der Waals surface area contributed by atoms with Crippen LogP contribution >= 0.6 is 22.6 Å². The Morgan fingerprint density at radius 3 is 1.37 bits per heavy atom. The van der Waals surface area contributed by atoms with Gasteiger partial charge >= 0.3 is 11.9 Å². The third-order valence-electron chi connectivity index (χ3n) is 13.5. The van der Waals surface area contributed by atoms with E-state index >= 15 is 17.6 Å². The van der Waals surface area contributed by atoms with Gasteiger partial charge in [-0.05, 0) is 120 Å². The topological polar surface area (TPSA) is 210 Å². The second-order valence-corrected chi connectivity index (χ2v) is 20.9. The number of carbonyl (C=O) groups is 2. The lowest BCUT2D eigenvalue weighted by molar-refractivity contribution is 0.0525. The number of hydrogen-bond donors (Lipinski definition) is 1. The lowest BCUT2D eigenvalue weighted by Crippen LogP contribution is -2.10. The van der Waals surface area contributed by atoms with Gasteiger partial charge in [0.1, 0.15) is 59.8 Å². The molecule has 0 unspecified atom stereocenters. The first kappa shape index (κ1) is 65.3. The number of nitriles is 2. The molecule has 4 heterocycles. The molecule has 0 fully saturated rings. The molecule has 6 aromatic carbocycles. The van der Waals surface area contributed by atoms with Crippen molar-refractivity contribution in [2.75, 3.05) is 38.5 Å². The second kappa shape index (κ2) is 30.8. The normalized spacial score (nSPS) is 10.8. The molecule has 0 aliphatic heterocycles. The number of methoxy groups -OCH3 is 2. The van der Waals surface area contributed by atoms with Crippen molar-refractivity contribution in [3.8, 4) is 46.4 Å². The predicted molar refractivity (Wildman–Crippen MR) is 326 cm³/mol. The van der Waals surface area contributed by atoms with Crippen LogP contribution in [0.25, 0.3) is 44.6 Å². The number of benzene rings is 6. The van der Waals surface area contributed by atoms with Crippen LogP contribution in [0, 0.1) is 57.6 Å². The van der Waals surface area contributed by atoms with Gasteiger partial charge in [-0.2, -0.15) is 10.5 Å². The molecule has 4 aromatic heterocycles. The summed E-state index contributed by atoms with van der Waals surface area (Å²) in [6.45, 7) is 5.05. The van der Waals surface area contributed by atoms with Crippen molar-refractivity contribution in [1.82, 2.24) is 29.1 Å². The fourth-order valence-electron chi connectivity index (χ4n) is 9.20. The zero-order chi connectivity index (χ0) is 63.7. The Morgan fingerprint density at radius 1 is 0.539 bits per heavy atom. The van der Waals surface area contributed by atoms with Gasteiger partial charge in [0.2, 0.25) is 11.8 Å². The van der Waals surface area contributed by atoms with Crippen LogP contribution in [0.4, 0.5) is 26.3 Å². The van der Waals surface area contributed by atoms with Gasteiger partial charge in [0.25, 0.3) is 0 Å². The number of aromatic nitrogens is 6. The van der Waals surface area contributed by atoms with Crippen molar-refractivity contribution in [3.05, 3.63) is 225 Å². The number of pyridine rings is 2. The standard InChI is InChI=1S/C33H27F3N4O4.C31H23F3N4O4.C2H5I/c1-3-43-33(41)21-9-10-29-30(15-21)40(11-12-42-2)31(38-29)16-23-14-27(36)24(17-26(23)35)28-5-4-6-32(39-28)44-19-22-8-7-20(18-37)13-25(22)34;1-41-10-9-38-28-13-19(31(39)40)7-8-27(28)36-29(38)14-21-12-25(34)22(15-24(21)33)26-3-2-4-30(37-26)42-17-20-6-5-18(16-35)11-23(20)32;1-2-3/h4-10,13-15,17H,3,11-12,16,19H2,1-2H3;2-8,11-13,15H,9-10,14,17H2,1H3,(H,39,40);2H2,1H3. The number of carboxylic acids is 1. The molecule has 0 atom stereocenters. The average molecular weight is 1330 g/mol. The Labute approximate surface area is 520 Å². The number of aromatic carboxylic acids is 1. The zero-order valence-electron chi connectivity index (χ0n) is 48.3. The third kappa shape index (κ3) is 16.3. The van der Waals surface area contributed by atoms with E-state index in [0.29, 0.717) is 65.6 Å². The Bertz CT molecular complexity index is 4300. The van der Waals surface area contributed by atoms with Gasteiger partial charge in [-0.3, -0.25) is 0 Å². The van der Waals surface area contributed by atoms with E-state index in [0.717, 1.165) is 36.4 Å². The summed E-state index contributed by atoms with van der Waals surface area (Å²) in [5.41, 5.74) is 3.71. The van der Waals surface area contributed by atoms with Crippen LogP contribution in [0.2, 0.25) is 0 Å². The molecule has 0 aliphatic carbocycles. The van der Waals surface area contributed by atoms with Gasteiger partial charge in [0.15, 0.2) is 0 Å². The van der Waals surface area contributed by atoms with Gasteiger partial charge in [-0.1, -0.05) is 53.8 Å². The van der Waals surface area contributed by atoms with Crippen molar-refractivity contribution < 1.29 is 64.7 Å². The minimum absolute atomic E-state index is 0.0249. The molecule has 0 aliphatic rings. The van der Waals surface area contributed by atoms with Crippen molar-refractivity contribution in [3.63, 3.8) is 0 Å². The lowest BCUT2D eigenvalue weighted by atomic mass is 10.0. The van der Waals surface area contributed by atoms with E-state index in [4.69, 9.17) is 34.2 Å². The van der Waals surface area contributed by atoms with Crippen LogP contribution < -0.4 is 9.47 Å². The number of carboxylic acid groups (broad SMARTS) is 1. The Morgan fingerprint density at radius 2 is 0.966 bits per heavy atom. The number of halogens is 7. The van der Waals surface area contributed by atoms with Crippen LogP contribution in [-0.4, -0.2) is 84.6 Å². The summed E-state index contributed by atoms with van der Waals surface area (Å²) in [7, 11) is 3.07. The number of hydrogen-bond acceptors (Lipinski definition) is 13. The van der Waals surface area contributed by atoms with E-state index in [1.165, 1.54) is 72.2 Å². The van der Waals surface area contributed by atoms with Crippen LogP contribution in [0.3, 0.4) is 0 Å². The molecule has 16 nitrogen and oxygen atoms in total. The first-order valence-corrected chi connectivity index (χ1v) is 29.0. The number of carbonyl (C=O) groups excluding carboxylic acids is 1. The van der Waals surface area contributed by atoms with Gasteiger partial charge in [0, 0.05) is 74.5 Å². The van der Waals surface area contributed by atoms with Crippen LogP contribution in [-0.2, 0) is 53.4 Å². The SMILES string of the molecule is CCI.CCOC(=O)c1ccc2nc(Cc3cc(F)c(-c4cccc(OCc5ccc(C#N)cc5F)n4)cc3F)n(CCOC)c2c1.COCCn1c(Cc2cc(F)c(-c3cccc(OCc4ccc(C#N)cc4F)n3)cc2F)nc2ccc(C(=O)O)cc21. The third-order valence-corrected chi connectivity index (χ3v) is 13.5. The minimum Gasteiger partial charge on any atom is -0.478 e. The molecular weight excluding hydrogens is 1270 g/mol. The van der Waals surface area contributed by atoms with Gasteiger partial charge < -0.3 is 37.9 Å². The molecule has 0 spiro atoms. The smallest absolute Gasteiger partial charge is 0.338 e. The summed E-state index contributed by atoms with van der Waals surface area (Å²) in [6, 6.07) is 34.6. The monoisotopic (exact) mass is 1330 g/mol. The summed E-state index contributed by atoms with van der Waals surface area (Å²) in [4.78, 5) is 41.5. The molecule has 89 heavy (non-hydrogen) atoms. The number of alkyl halides is 1. The maximum Gasteiger partial charge on any atom is 0.338 e. The number of nitrogens with zero attached hydrogens (tertiary/aromatic N) is 8. The molecule has 0 saturated heterocycles. The number of fused-ring (bicyclic) bond motifs is 2. The number of imidazole rings is 2. The summed E-state index contributed by atoms with van der Waals surface area (Å²) in [5.74, 6) is -4.48. The maximum absolute atomic E-state index is 15.5. The molecule has 0 radical (unpaired) electrons. The first-order chi connectivity index (χ1) is 43.0. The van der Waals surface area contributed by atoms with E-state index in [2.05, 4.69) is 49.5 Å². The molecular formula is C66H55F6IN8O8. The highest BCUT2D eigenvalue weighted by Crippen LogP contribution is 2.31. The van der Waals surface area contributed by atoms with E-state index in [-0.39, 0.29) is 106 Å². The largest absolute Gasteiger partial charge is 0.478 e. The maximum atomic E-state index is 15.5. The van der Waals surface area contributed by atoms with Gasteiger partial charge in [-0.15, -0.1) is 0 Å². The minimum atomic E-state index is -1.09. The van der Waals surface area contributed by atoms with Crippen LogP contribution in [0.15, 0.2) is 133 Å². The highest BCUT2D eigenvalue weighted by atomic mass is 127. The quantitative estimate of drug-likeness (QED) is 0.0307. The second-order valence-electron chi connectivity index (χ2n) is 19.4. The fraction of sp³-hybridized carbons (Fsp3) is 0.212. The zero-order valence-corrected chi connectivity index (χ0v) is 50.5. The molecule has 0 amide bonds. The van der Waals surface area contributed by atoms with Crippen LogP contribution in [0.5, 0.6) is 11.8 Å². The summed E-state index contributed by atoms with van der Waals surface area (Å²) >= 11 is 2.29. The molecule has 1 N–H and O–H groups in total. The highest BCUT2D eigenvalue weighted by Gasteiger charge is 2.22. The lowest BCUT2D eigenvalue weighted by Gasteiger charge is -2.12. The Balaban J connectivity index is 0.000000221. The van der Waals surface area contributed by atoms with E-state index in [1.807, 2.05) is 16.7 Å². The molecule has 456 valence electrons. The van der Waals surface area contributed by atoms with Crippen molar-refractivity contribution in [2.24, 2.45) is 0 Å². The summed E-state index contributed by atoms with van der Waals surface area (Å²) in [6.07, 6.45) is -0.0839. The molecule has 10 rings (SSSR count). The predicted octanol–water partition coefficient (Wildman–Crippen LogP) is 13.7.